The molecular formula is C23H34N2O4. The fourth-order valence-corrected chi connectivity index (χ4v) is 3.86. The maximum absolute atomic E-state index is 10.6. The number of rotatable bonds is 13. The molecule has 1 fully saturated rings. The number of aliphatic hydroxyl groups excluding tert-OH is 1. The molecule has 1 heterocycles. The molecule has 2 rings (SSSR count). The monoisotopic (exact) mass is 402 g/mol. The molecule has 3 unspecified atom stereocenters. The molecule has 1 aromatic rings. The van der Waals surface area contributed by atoms with Crippen LogP contribution in [-0.4, -0.2) is 42.0 Å². The molecule has 3 atom stereocenters. The van der Waals surface area contributed by atoms with Crippen LogP contribution in [0.1, 0.15) is 70.0 Å². The van der Waals surface area contributed by atoms with Gasteiger partial charge in [-0.1, -0.05) is 38.3 Å². The highest BCUT2D eigenvalue weighted by Gasteiger charge is 2.34. The number of aliphatic carboxylic acids is 1. The van der Waals surface area contributed by atoms with Gasteiger partial charge in [0.1, 0.15) is 0 Å². The topological polar surface area (TPSA) is 93.8 Å². The second-order valence-electron chi connectivity index (χ2n) is 7.81. The van der Waals surface area contributed by atoms with E-state index in [1.807, 2.05) is 24.3 Å². The number of carboxylic acids is 1. The molecule has 1 aliphatic rings. The lowest BCUT2D eigenvalue weighted by atomic mass is 10.0. The maximum Gasteiger partial charge on any atom is 0.303 e. The number of anilines is 1. The highest BCUT2D eigenvalue weighted by Crippen LogP contribution is 2.31. The minimum atomic E-state index is -0.782. The van der Waals surface area contributed by atoms with Crippen LogP contribution in [0.4, 0.5) is 5.69 Å². The normalized spacial score (nSPS) is 19.8. The number of unbranched alkanes of at least 4 members (excludes halogenated alkanes) is 3. The zero-order valence-electron chi connectivity index (χ0n) is 17.4. The summed E-state index contributed by atoms with van der Waals surface area (Å²) >= 11 is 0. The Morgan fingerprint density at radius 2 is 2.03 bits per heavy atom. The van der Waals surface area contributed by atoms with Gasteiger partial charge in [0.25, 0.3) is 0 Å². The van der Waals surface area contributed by atoms with E-state index in [0.717, 1.165) is 49.9 Å². The number of aliphatic hydroxyl groups is 1. The third-order valence-electron chi connectivity index (χ3n) is 5.62. The van der Waals surface area contributed by atoms with E-state index in [1.165, 1.54) is 0 Å². The van der Waals surface area contributed by atoms with Crippen molar-refractivity contribution in [3.8, 4) is 6.07 Å². The van der Waals surface area contributed by atoms with E-state index in [0.29, 0.717) is 26.1 Å². The molecule has 6 heteroatoms. The summed E-state index contributed by atoms with van der Waals surface area (Å²) in [7, 11) is 0. The fraction of sp³-hybridized carbons (Fsp3) is 0.652. The van der Waals surface area contributed by atoms with E-state index >= 15 is 0 Å². The molecule has 0 bridgehead atoms. The van der Waals surface area contributed by atoms with E-state index < -0.39 is 12.1 Å². The number of carboxylic acid groups (broad SMARTS) is 1. The highest BCUT2D eigenvalue weighted by atomic mass is 16.5. The van der Waals surface area contributed by atoms with Gasteiger partial charge in [0.2, 0.25) is 0 Å². The summed E-state index contributed by atoms with van der Waals surface area (Å²) in [5.41, 5.74) is 1.99. The van der Waals surface area contributed by atoms with Crippen LogP contribution in [0.15, 0.2) is 24.3 Å². The van der Waals surface area contributed by atoms with E-state index in [1.54, 1.807) is 0 Å². The van der Waals surface area contributed by atoms with Gasteiger partial charge in [-0.05, 0) is 43.4 Å². The van der Waals surface area contributed by atoms with Gasteiger partial charge in [0, 0.05) is 25.3 Å². The number of carbonyl (C=O) groups is 1. The minimum Gasteiger partial charge on any atom is -0.481 e. The van der Waals surface area contributed by atoms with Crippen molar-refractivity contribution in [2.24, 2.45) is 5.92 Å². The largest absolute Gasteiger partial charge is 0.481 e. The predicted molar refractivity (Wildman–Crippen MR) is 113 cm³/mol. The zero-order chi connectivity index (χ0) is 21.1. The Labute approximate surface area is 174 Å². The number of nitrogens with zero attached hydrogens (tertiary/aromatic N) is 2. The predicted octanol–water partition coefficient (Wildman–Crippen LogP) is 4.29. The van der Waals surface area contributed by atoms with Crippen LogP contribution in [0.2, 0.25) is 0 Å². The summed E-state index contributed by atoms with van der Waals surface area (Å²) < 4.78 is 5.77. The van der Waals surface area contributed by atoms with Crippen LogP contribution in [0, 0.1) is 17.2 Å². The fourth-order valence-electron chi connectivity index (χ4n) is 3.86. The van der Waals surface area contributed by atoms with E-state index in [2.05, 4.69) is 17.9 Å². The van der Waals surface area contributed by atoms with Gasteiger partial charge in [-0.2, -0.15) is 5.26 Å². The Bertz CT molecular complexity index is 656. The van der Waals surface area contributed by atoms with Gasteiger partial charge in [-0.3, -0.25) is 4.79 Å². The number of benzene rings is 1. The minimum absolute atomic E-state index is 0.000184. The van der Waals surface area contributed by atoms with Crippen LogP contribution < -0.4 is 4.90 Å². The first-order valence-corrected chi connectivity index (χ1v) is 10.8. The number of ether oxygens (including phenoxy) is 1. The molecule has 2 N–H and O–H groups in total. The first-order valence-electron chi connectivity index (χ1n) is 10.8. The molecule has 0 saturated carbocycles. The van der Waals surface area contributed by atoms with Crippen molar-refractivity contribution >= 4 is 11.7 Å². The quantitative estimate of drug-likeness (QED) is 0.478. The van der Waals surface area contributed by atoms with Crippen molar-refractivity contribution in [3.63, 3.8) is 0 Å². The lowest BCUT2D eigenvalue weighted by Gasteiger charge is -2.28. The van der Waals surface area contributed by atoms with Gasteiger partial charge in [0.05, 0.1) is 30.7 Å². The van der Waals surface area contributed by atoms with Crippen molar-refractivity contribution < 1.29 is 19.7 Å². The van der Waals surface area contributed by atoms with Gasteiger partial charge >= 0.3 is 5.97 Å². The van der Waals surface area contributed by atoms with Crippen LogP contribution in [0.25, 0.3) is 0 Å². The lowest BCUT2D eigenvalue weighted by Crippen LogP contribution is -2.36. The zero-order valence-corrected chi connectivity index (χ0v) is 17.4. The van der Waals surface area contributed by atoms with Gasteiger partial charge in [-0.15, -0.1) is 0 Å². The Balaban J connectivity index is 1.89. The smallest absolute Gasteiger partial charge is 0.303 e. The Kier molecular flexibility index (Phi) is 9.96. The van der Waals surface area contributed by atoms with Gasteiger partial charge in [-0.25, -0.2) is 0 Å². The molecule has 6 nitrogen and oxygen atoms in total. The molecule has 0 aromatic heterocycles. The Morgan fingerprint density at radius 3 is 2.69 bits per heavy atom. The molecule has 0 aliphatic carbocycles. The maximum atomic E-state index is 10.6. The van der Waals surface area contributed by atoms with Gasteiger partial charge < -0.3 is 19.8 Å². The van der Waals surface area contributed by atoms with E-state index in [9.17, 15) is 15.2 Å². The van der Waals surface area contributed by atoms with Crippen LogP contribution in [0.3, 0.4) is 0 Å². The third-order valence-corrected chi connectivity index (χ3v) is 5.62. The standard InChI is InChI=1S/C23H34N2O4/c1-2-3-4-7-22(26)18-9-11-20(12-10-18)25-14-13-19(16-24)21(25)17-29-15-6-5-8-23(27)28/h9-12,19,21-22,26H,2-8,13-15,17H2,1H3,(H,27,28). The van der Waals surface area contributed by atoms with Crippen molar-refractivity contribution in [1.82, 2.24) is 0 Å². The molecule has 160 valence electrons. The molecule has 1 aromatic carbocycles. The van der Waals surface area contributed by atoms with Gasteiger partial charge in [0.15, 0.2) is 0 Å². The third kappa shape index (κ3) is 7.34. The van der Waals surface area contributed by atoms with Crippen molar-refractivity contribution in [3.05, 3.63) is 29.8 Å². The van der Waals surface area contributed by atoms with Crippen LogP contribution in [-0.2, 0) is 9.53 Å². The summed E-state index contributed by atoms with van der Waals surface area (Å²) in [5, 5.41) is 28.5. The molecular weight excluding hydrogens is 368 g/mol. The molecule has 0 radical (unpaired) electrons. The molecule has 1 aliphatic heterocycles. The molecule has 29 heavy (non-hydrogen) atoms. The molecule has 0 amide bonds. The average Bonchev–Trinajstić information content (AvgIpc) is 3.13. The number of nitriles is 1. The summed E-state index contributed by atoms with van der Waals surface area (Å²) in [6, 6.07) is 10.4. The first-order chi connectivity index (χ1) is 14.1. The summed E-state index contributed by atoms with van der Waals surface area (Å²) in [4.78, 5) is 12.8. The molecule has 0 spiro atoms. The first kappa shape index (κ1) is 23.2. The Hall–Kier alpha value is -2.10. The molecule has 1 saturated heterocycles. The second kappa shape index (κ2) is 12.5. The summed E-state index contributed by atoms with van der Waals surface area (Å²) in [6.45, 7) is 3.94. The van der Waals surface area contributed by atoms with Crippen molar-refractivity contribution in [1.29, 1.82) is 5.26 Å². The van der Waals surface area contributed by atoms with E-state index in [-0.39, 0.29) is 18.4 Å². The second-order valence-corrected chi connectivity index (χ2v) is 7.81. The number of hydrogen-bond acceptors (Lipinski definition) is 5. The van der Waals surface area contributed by atoms with Crippen molar-refractivity contribution in [2.75, 3.05) is 24.7 Å². The SMILES string of the molecule is CCCCCC(O)c1ccc(N2CCC(C#N)C2COCCCCC(=O)O)cc1. The highest BCUT2D eigenvalue weighted by molar-refractivity contribution is 5.66. The van der Waals surface area contributed by atoms with Crippen molar-refractivity contribution in [2.45, 2.75) is 70.4 Å². The average molecular weight is 403 g/mol. The van der Waals surface area contributed by atoms with Crippen LogP contribution >= 0.6 is 0 Å². The van der Waals surface area contributed by atoms with Crippen LogP contribution in [0.5, 0.6) is 0 Å². The lowest BCUT2D eigenvalue weighted by molar-refractivity contribution is -0.137. The number of hydrogen-bond donors (Lipinski definition) is 2. The Morgan fingerprint density at radius 1 is 1.28 bits per heavy atom. The summed E-state index contributed by atoms with van der Waals surface area (Å²) in [5.74, 6) is -0.858. The summed E-state index contributed by atoms with van der Waals surface area (Å²) in [6.07, 6.45) is 5.95. The van der Waals surface area contributed by atoms with E-state index in [4.69, 9.17) is 9.84 Å².